The molecule has 1 heterocycles. The van der Waals surface area contributed by atoms with Crippen LogP contribution in [-0.4, -0.2) is 64.9 Å². The minimum absolute atomic E-state index is 0. The van der Waals surface area contributed by atoms with Crippen molar-refractivity contribution in [2.45, 2.75) is 39.0 Å². The summed E-state index contributed by atoms with van der Waals surface area (Å²) in [5.41, 5.74) is 1.21. The maximum atomic E-state index is 5.37. The molecule has 0 radical (unpaired) electrons. The van der Waals surface area contributed by atoms with Crippen LogP contribution in [0.4, 0.5) is 0 Å². The van der Waals surface area contributed by atoms with E-state index < -0.39 is 0 Å². The van der Waals surface area contributed by atoms with Gasteiger partial charge in [-0.05, 0) is 75.4 Å². The number of halogens is 1. The number of nitrogens with zero attached hydrogens (tertiary/aromatic N) is 2. The van der Waals surface area contributed by atoms with E-state index in [1.807, 2.05) is 19.2 Å². The Kier molecular flexibility index (Phi) is 13.1. The number of piperidine rings is 1. The average Bonchev–Trinajstić information content (AvgIpc) is 2.73. The molecule has 2 rings (SSSR count). The van der Waals surface area contributed by atoms with Crippen molar-refractivity contribution in [1.82, 2.24) is 15.5 Å². The molecule has 0 saturated carbocycles. The molecule has 1 aliphatic heterocycles. The standard InChI is InChI=1S/C22H38N4O2.HI/c1-18-10-15-26(16-11-18)14-6-5-12-24-22(23-2)25-13-9-19-7-8-20(27-3)21(17-19)28-4;/h7-8,17-18H,5-6,9-16H2,1-4H3,(H2,23,24,25);1H. The number of nitrogens with one attached hydrogen (secondary N) is 2. The summed E-state index contributed by atoms with van der Waals surface area (Å²) >= 11 is 0. The maximum Gasteiger partial charge on any atom is 0.190 e. The van der Waals surface area contributed by atoms with E-state index in [4.69, 9.17) is 9.47 Å². The number of guanidine groups is 1. The number of ether oxygens (including phenoxy) is 2. The lowest BCUT2D eigenvalue weighted by Crippen LogP contribution is -2.39. The van der Waals surface area contributed by atoms with E-state index in [1.165, 1.54) is 50.9 Å². The Balaban J connectivity index is 0.00000420. The molecule has 0 aliphatic carbocycles. The smallest absolute Gasteiger partial charge is 0.190 e. The predicted octanol–water partition coefficient (Wildman–Crippen LogP) is 3.54. The molecule has 6 nitrogen and oxygen atoms in total. The van der Waals surface area contributed by atoms with E-state index in [1.54, 1.807) is 14.2 Å². The molecule has 1 aromatic carbocycles. The van der Waals surface area contributed by atoms with Gasteiger partial charge in [0.25, 0.3) is 0 Å². The van der Waals surface area contributed by atoms with Gasteiger partial charge < -0.3 is 25.0 Å². The van der Waals surface area contributed by atoms with Crippen molar-refractivity contribution in [3.8, 4) is 11.5 Å². The normalized spacial score (nSPS) is 15.5. The van der Waals surface area contributed by atoms with Crippen molar-refractivity contribution >= 4 is 29.9 Å². The molecular weight excluding hydrogens is 479 g/mol. The lowest BCUT2D eigenvalue weighted by atomic mass is 9.99. The second kappa shape index (κ2) is 14.7. The van der Waals surface area contributed by atoms with Gasteiger partial charge in [0, 0.05) is 20.1 Å². The lowest BCUT2D eigenvalue weighted by molar-refractivity contribution is 0.189. The van der Waals surface area contributed by atoms with Crippen molar-refractivity contribution in [3.63, 3.8) is 0 Å². The third-order valence-electron chi connectivity index (χ3n) is 5.45. The summed E-state index contributed by atoms with van der Waals surface area (Å²) in [7, 11) is 5.14. The highest BCUT2D eigenvalue weighted by molar-refractivity contribution is 14.0. The van der Waals surface area contributed by atoms with Crippen LogP contribution in [0.2, 0.25) is 0 Å². The molecule has 7 heteroatoms. The molecule has 0 amide bonds. The van der Waals surface area contributed by atoms with Crippen LogP contribution in [-0.2, 0) is 6.42 Å². The molecule has 1 saturated heterocycles. The Morgan fingerprint density at radius 1 is 1.07 bits per heavy atom. The van der Waals surface area contributed by atoms with Crippen LogP contribution in [0.3, 0.4) is 0 Å². The fourth-order valence-corrected chi connectivity index (χ4v) is 3.53. The van der Waals surface area contributed by atoms with Crippen LogP contribution in [0.25, 0.3) is 0 Å². The first-order valence-electron chi connectivity index (χ1n) is 10.5. The summed E-state index contributed by atoms with van der Waals surface area (Å²) in [4.78, 5) is 6.92. The van der Waals surface area contributed by atoms with Gasteiger partial charge in [-0.2, -0.15) is 0 Å². The molecule has 0 unspecified atom stereocenters. The lowest BCUT2D eigenvalue weighted by Gasteiger charge is -2.30. The molecular formula is C22H39IN4O2. The first-order chi connectivity index (χ1) is 13.7. The summed E-state index contributed by atoms with van der Waals surface area (Å²) in [6, 6.07) is 6.04. The number of methoxy groups -OCH3 is 2. The fraction of sp³-hybridized carbons (Fsp3) is 0.682. The molecule has 1 fully saturated rings. The minimum Gasteiger partial charge on any atom is -0.493 e. The number of hydrogen-bond donors (Lipinski definition) is 2. The zero-order chi connectivity index (χ0) is 20.2. The van der Waals surface area contributed by atoms with Crippen molar-refractivity contribution in [2.75, 3.05) is 54.0 Å². The Labute approximate surface area is 193 Å². The Hall–Kier alpha value is -1.22. The molecule has 29 heavy (non-hydrogen) atoms. The topological polar surface area (TPSA) is 58.1 Å². The highest BCUT2D eigenvalue weighted by atomic mass is 127. The molecule has 0 atom stereocenters. The molecule has 0 aromatic heterocycles. The van der Waals surface area contributed by atoms with Gasteiger partial charge in [0.1, 0.15) is 0 Å². The van der Waals surface area contributed by atoms with Gasteiger partial charge in [-0.3, -0.25) is 4.99 Å². The summed E-state index contributed by atoms with van der Waals surface area (Å²) in [6.45, 7) is 7.91. The zero-order valence-electron chi connectivity index (χ0n) is 18.5. The second-order valence-electron chi connectivity index (χ2n) is 7.60. The van der Waals surface area contributed by atoms with Crippen LogP contribution >= 0.6 is 24.0 Å². The van der Waals surface area contributed by atoms with Gasteiger partial charge in [0.15, 0.2) is 17.5 Å². The van der Waals surface area contributed by atoms with E-state index in [0.717, 1.165) is 42.9 Å². The fourth-order valence-electron chi connectivity index (χ4n) is 3.53. The van der Waals surface area contributed by atoms with Crippen molar-refractivity contribution < 1.29 is 9.47 Å². The van der Waals surface area contributed by atoms with Crippen LogP contribution in [0.1, 0.15) is 38.2 Å². The van der Waals surface area contributed by atoms with E-state index in [0.29, 0.717) is 0 Å². The molecule has 1 aromatic rings. The van der Waals surface area contributed by atoms with Gasteiger partial charge in [0.2, 0.25) is 0 Å². The largest absolute Gasteiger partial charge is 0.493 e. The number of hydrogen-bond acceptors (Lipinski definition) is 4. The van der Waals surface area contributed by atoms with Crippen molar-refractivity contribution in [1.29, 1.82) is 0 Å². The second-order valence-corrected chi connectivity index (χ2v) is 7.60. The zero-order valence-corrected chi connectivity index (χ0v) is 20.8. The highest BCUT2D eigenvalue weighted by Crippen LogP contribution is 2.27. The minimum atomic E-state index is 0. The molecule has 0 bridgehead atoms. The third kappa shape index (κ3) is 9.42. The van der Waals surface area contributed by atoms with Gasteiger partial charge in [-0.1, -0.05) is 13.0 Å². The van der Waals surface area contributed by atoms with Crippen LogP contribution < -0.4 is 20.1 Å². The molecule has 2 N–H and O–H groups in total. The Morgan fingerprint density at radius 2 is 1.76 bits per heavy atom. The van der Waals surface area contributed by atoms with Gasteiger partial charge in [0.05, 0.1) is 14.2 Å². The molecule has 0 spiro atoms. The quantitative estimate of drug-likeness (QED) is 0.215. The van der Waals surface area contributed by atoms with Crippen LogP contribution in [0.15, 0.2) is 23.2 Å². The van der Waals surface area contributed by atoms with E-state index in [2.05, 4.69) is 33.5 Å². The van der Waals surface area contributed by atoms with E-state index in [-0.39, 0.29) is 24.0 Å². The SMILES string of the molecule is CN=C(NCCCCN1CCC(C)CC1)NCCc1ccc(OC)c(OC)c1.I. The van der Waals surface area contributed by atoms with Gasteiger partial charge in [-0.25, -0.2) is 0 Å². The average molecular weight is 518 g/mol. The monoisotopic (exact) mass is 518 g/mol. The summed E-state index contributed by atoms with van der Waals surface area (Å²) in [5.74, 6) is 3.31. The Bertz CT molecular complexity index is 604. The highest BCUT2D eigenvalue weighted by Gasteiger charge is 2.14. The molecule has 1 aliphatic rings. The summed E-state index contributed by atoms with van der Waals surface area (Å²) in [5, 5.41) is 6.80. The first-order valence-corrected chi connectivity index (χ1v) is 10.5. The number of likely N-dealkylation sites (tertiary alicyclic amines) is 1. The number of benzene rings is 1. The van der Waals surface area contributed by atoms with Crippen molar-refractivity contribution in [2.24, 2.45) is 10.9 Å². The first kappa shape index (κ1) is 25.8. The summed E-state index contributed by atoms with van der Waals surface area (Å²) in [6.07, 6.45) is 6.02. The van der Waals surface area contributed by atoms with Crippen molar-refractivity contribution in [3.05, 3.63) is 23.8 Å². The number of rotatable bonds is 10. The number of aliphatic imine (C=N–C) groups is 1. The van der Waals surface area contributed by atoms with Gasteiger partial charge >= 0.3 is 0 Å². The van der Waals surface area contributed by atoms with Crippen LogP contribution in [0.5, 0.6) is 11.5 Å². The van der Waals surface area contributed by atoms with E-state index in [9.17, 15) is 0 Å². The third-order valence-corrected chi connectivity index (χ3v) is 5.45. The maximum absolute atomic E-state index is 5.37. The predicted molar refractivity (Wildman–Crippen MR) is 132 cm³/mol. The Morgan fingerprint density at radius 3 is 2.41 bits per heavy atom. The molecule has 166 valence electrons. The van der Waals surface area contributed by atoms with E-state index >= 15 is 0 Å². The van der Waals surface area contributed by atoms with Crippen LogP contribution in [0, 0.1) is 5.92 Å². The number of unbranched alkanes of at least 4 members (excludes halogenated alkanes) is 1. The van der Waals surface area contributed by atoms with Gasteiger partial charge in [-0.15, -0.1) is 24.0 Å². The summed E-state index contributed by atoms with van der Waals surface area (Å²) < 4.78 is 10.7.